The van der Waals surface area contributed by atoms with Crippen molar-refractivity contribution in [3.8, 4) is 11.5 Å². The number of benzene rings is 1. The van der Waals surface area contributed by atoms with Gasteiger partial charge in [0.15, 0.2) is 0 Å². The second kappa shape index (κ2) is 6.64. The van der Waals surface area contributed by atoms with E-state index in [-0.39, 0.29) is 28.3 Å². The Morgan fingerprint density at radius 1 is 1.24 bits per heavy atom. The summed E-state index contributed by atoms with van der Waals surface area (Å²) in [6.07, 6.45) is 2.15. The fourth-order valence-corrected chi connectivity index (χ4v) is 3.98. The first-order valence-electron chi connectivity index (χ1n) is 8.57. The minimum absolute atomic E-state index is 0.0908. The lowest BCUT2D eigenvalue weighted by molar-refractivity contribution is -0.139. The summed E-state index contributed by atoms with van der Waals surface area (Å²) >= 11 is 0. The van der Waals surface area contributed by atoms with Gasteiger partial charge in [0.1, 0.15) is 29.0 Å². The third kappa shape index (κ3) is 3.21. The van der Waals surface area contributed by atoms with Gasteiger partial charge in [0.2, 0.25) is 0 Å². The predicted molar refractivity (Wildman–Crippen MR) is 93.8 cm³/mol. The molecule has 5 heteroatoms. The van der Waals surface area contributed by atoms with Crippen LogP contribution in [0.25, 0.3) is 5.57 Å². The molecule has 0 bridgehead atoms. The summed E-state index contributed by atoms with van der Waals surface area (Å²) in [6.45, 7) is 6.86. The van der Waals surface area contributed by atoms with E-state index in [1.54, 1.807) is 12.1 Å². The molecule has 0 unspecified atom stereocenters. The fourth-order valence-electron chi connectivity index (χ4n) is 3.98. The molecule has 1 aliphatic heterocycles. The predicted octanol–water partition coefficient (Wildman–Crippen LogP) is 3.25. The van der Waals surface area contributed by atoms with Crippen LogP contribution >= 0.6 is 0 Å². The van der Waals surface area contributed by atoms with Crippen LogP contribution in [0.2, 0.25) is 0 Å². The van der Waals surface area contributed by atoms with Crippen molar-refractivity contribution < 1.29 is 24.2 Å². The number of hydrogen-bond donors (Lipinski definition) is 1. The number of phenolic OH excluding ortho intramolecular Hbond substituents is 1. The normalized spacial score (nSPS) is 20.7. The average Bonchev–Trinajstić information content (AvgIpc) is 2.55. The maximum Gasteiger partial charge on any atom is 0.148 e. The number of allylic oxidation sites excluding steroid dienone is 1. The summed E-state index contributed by atoms with van der Waals surface area (Å²) in [4.78, 5) is 25.7. The fraction of sp³-hybridized carbons (Fsp3) is 0.500. The molecule has 1 aliphatic carbocycles. The summed E-state index contributed by atoms with van der Waals surface area (Å²) in [6, 6.07) is 3.26. The monoisotopic (exact) mass is 344 g/mol. The van der Waals surface area contributed by atoms with Crippen molar-refractivity contribution in [1.82, 2.24) is 0 Å². The zero-order valence-corrected chi connectivity index (χ0v) is 14.8. The van der Waals surface area contributed by atoms with Crippen LogP contribution in [0.1, 0.15) is 49.7 Å². The number of Topliss-reactive ketones (excluding diaryl/α,β-unsaturated/α-hetero) is 2. The van der Waals surface area contributed by atoms with Crippen molar-refractivity contribution in [1.29, 1.82) is 0 Å². The topological polar surface area (TPSA) is 72.8 Å². The Morgan fingerprint density at radius 2 is 1.84 bits per heavy atom. The zero-order valence-electron chi connectivity index (χ0n) is 14.8. The van der Waals surface area contributed by atoms with Gasteiger partial charge in [-0.3, -0.25) is 9.59 Å². The Bertz CT molecular complexity index is 708. The third-order valence-electron chi connectivity index (χ3n) is 5.42. The summed E-state index contributed by atoms with van der Waals surface area (Å²) in [5.74, 6) is -0.980. The quantitative estimate of drug-likeness (QED) is 0.852. The Hall–Kier alpha value is -2.14. The molecule has 2 aliphatic rings. The molecule has 1 spiro atoms. The lowest BCUT2D eigenvalue weighted by Crippen LogP contribution is -2.42. The highest BCUT2D eigenvalue weighted by Gasteiger charge is 2.47. The number of phenols is 1. The van der Waals surface area contributed by atoms with Gasteiger partial charge in [-0.25, -0.2) is 0 Å². The molecular formula is C20H24O5. The van der Waals surface area contributed by atoms with Crippen LogP contribution < -0.4 is 4.74 Å². The number of ketones is 2. The number of aromatic hydroxyl groups is 1. The maximum absolute atomic E-state index is 12.9. The molecular weight excluding hydrogens is 320 g/mol. The van der Waals surface area contributed by atoms with Gasteiger partial charge in [-0.05, 0) is 42.9 Å². The van der Waals surface area contributed by atoms with E-state index in [0.29, 0.717) is 31.8 Å². The SMILES string of the molecule is C=C(C)c1cc(O)c(C2C(=O)CC3(CCOCC3)CC2=O)c(OC)c1. The number of ether oxygens (including phenoxy) is 2. The molecule has 25 heavy (non-hydrogen) atoms. The average molecular weight is 344 g/mol. The van der Waals surface area contributed by atoms with Crippen LogP contribution in [0.5, 0.6) is 11.5 Å². The van der Waals surface area contributed by atoms with Crippen LogP contribution in [0.4, 0.5) is 0 Å². The molecule has 1 aromatic carbocycles. The van der Waals surface area contributed by atoms with Crippen LogP contribution in [0, 0.1) is 5.41 Å². The van der Waals surface area contributed by atoms with Gasteiger partial charge in [0.05, 0.1) is 12.7 Å². The van der Waals surface area contributed by atoms with Crippen molar-refractivity contribution in [2.45, 2.75) is 38.5 Å². The number of carbonyl (C=O) groups excluding carboxylic acids is 2. The van der Waals surface area contributed by atoms with Gasteiger partial charge in [0, 0.05) is 26.1 Å². The van der Waals surface area contributed by atoms with Gasteiger partial charge >= 0.3 is 0 Å². The van der Waals surface area contributed by atoms with E-state index in [4.69, 9.17) is 9.47 Å². The van der Waals surface area contributed by atoms with Crippen molar-refractivity contribution in [2.24, 2.45) is 5.41 Å². The highest BCUT2D eigenvalue weighted by atomic mass is 16.5. The van der Waals surface area contributed by atoms with Crippen LogP contribution in [0.3, 0.4) is 0 Å². The molecule has 0 radical (unpaired) electrons. The highest BCUT2D eigenvalue weighted by Crippen LogP contribution is 2.48. The van der Waals surface area contributed by atoms with Gasteiger partial charge < -0.3 is 14.6 Å². The van der Waals surface area contributed by atoms with Gasteiger partial charge in [-0.2, -0.15) is 0 Å². The van der Waals surface area contributed by atoms with E-state index < -0.39 is 5.92 Å². The largest absolute Gasteiger partial charge is 0.507 e. The number of hydrogen-bond acceptors (Lipinski definition) is 5. The molecule has 0 aromatic heterocycles. The third-order valence-corrected chi connectivity index (χ3v) is 5.42. The molecule has 1 heterocycles. The first-order valence-corrected chi connectivity index (χ1v) is 8.57. The number of rotatable bonds is 3. The van der Waals surface area contributed by atoms with Crippen LogP contribution in [-0.2, 0) is 14.3 Å². The number of carbonyl (C=O) groups is 2. The molecule has 3 rings (SSSR count). The van der Waals surface area contributed by atoms with Crippen molar-refractivity contribution in [2.75, 3.05) is 20.3 Å². The molecule has 2 fully saturated rings. The van der Waals surface area contributed by atoms with Crippen LogP contribution in [0.15, 0.2) is 18.7 Å². The Labute approximate surface area is 147 Å². The molecule has 0 atom stereocenters. The van der Waals surface area contributed by atoms with Gasteiger partial charge in [-0.1, -0.05) is 12.2 Å². The lowest BCUT2D eigenvalue weighted by Gasteiger charge is -2.41. The van der Waals surface area contributed by atoms with E-state index in [1.165, 1.54) is 7.11 Å². The molecule has 134 valence electrons. The summed E-state index contributed by atoms with van der Waals surface area (Å²) < 4.78 is 10.8. The molecule has 1 aromatic rings. The van der Waals surface area contributed by atoms with E-state index in [9.17, 15) is 14.7 Å². The minimum Gasteiger partial charge on any atom is -0.507 e. The first kappa shape index (κ1) is 17.7. The summed E-state index contributed by atoms with van der Waals surface area (Å²) in [7, 11) is 1.47. The first-order chi connectivity index (χ1) is 11.9. The molecule has 1 N–H and O–H groups in total. The lowest BCUT2D eigenvalue weighted by atomic mass is 9.64. The maximum atomic E-state index is 12.9. The molecule has 1 saturated heterocycles. The molecule has 1 saturated carbocycles. The van der Waals surface area contributed by atoms with E-state index in [0.717, 1.165) is 24.0 Å². The van der Waals surface area contributed by atoms with Gasteiger partial charge in [-0.15, -0.1) is 0 Å². The van der Waals surface area contributed by atoms with Crippen molar-refractivity contribution in [3.05, 3.63) is 29.8 Å². The van der Waals surface area contributed by atoms with E-state index >= 15 is 0 Å². The standard InChI is InChI=1S/C20H24O5/c1-12(2)13-8-14(21)19(17(9-13)24-3)18-15(22)10-20(11-16(18)23)4-6-25-7-5-20/h8-9,18,21H,1,4-7,10-11H2,2-3H3. The van der Waals surface area contributed by atoms with E-state index in [2.05, 4.69) is 6.58 Å². The highest BCUT2D eigenvalue weighted by molar-refractivity contribution is 6.11. The van der Waals surface area contributed by atoms with E-state index in [1.807, 2.05) is 6.92 Å². The summed E-state index contributed by atoms with van der Waals surface area (Å²) in [5.41, 5.74) is 1.49. The number of methoxy groups -OCH3 is 1. The second-order valence-corrected chi connectivity index (χ2v) is 7.22. The van der Waals surface area contributed by atoms with Gasteiger partial charge in [0.25, 0.3) is 0 Å². The molecule has 0 amide bonds. The Morgan fingerprint density at radius 3 is 2.36 bits per heavy atom. The summed E-state index contributed by atoms with van der Waals surface area (Å²) in [5, 5.41) is 10.5. The van der Waals surface area contributed by atoms with Crippen molar-refractivity contribution in [3.63, 3.8) is 0 Å². The smallest absolute Gasteiger partial charge is 0.148 e. The Balaban J connectivity index is 1.98. The second-order valence-electron chi connectivity index (χ2n) is 7.22. The zero-order chi connectivity index (χ0) is 18.2. The molecule has 5 nitrogen and oxygen atoms in total. The Kier molecular flexibility index (Phi) is 4.69. The van der Waals surface area contributed by atoms with Crippen LogP contribution in [-0.4, -0.2) is 37.0 Å². The minimum atomic E-state index is -0.956. The van der Waals surface area contributed by atoms with Crippen molar-refractivity contribution >= 4 is 17.1 Å².